The predicted molar refractivity (Wildman–Crippen MR) is 86.9 cm³/mol. The summed E-state index contributed by atoms with van der Waals surface area (Å²) in [5.74, 6) is 0.778. The number of nitrogens with one attached hydrogen (secondary N) is 1. The lowest BCUT2D eigenvalue weighted by Crippen LogP contribution is -2.26. The fourth-order valence-corrected chi connectivity index (χ4v) is 2.08. The Bertz CT molecular complexity index is 511. The lowest BCUT2D eigenvalue weighted by molar-refractivity contribution is 0.117. The van der Waals surface area contributed by atoms with E-state index < -0.39 is 6.10 Å². The standard InChI is InChI=1S/C18H23NO2/c1-2-6-15-9-11-16(12-10-15)19-13-17(20)14-21-18-7-4-3-5-8-18/h3-5,7-12,17,19-20H,2,6,13-14H2,1H3. The summed E-state index contributed by atoms with van der Waals surface area (Å²) in [5, 5.41) is 13.1. The summed E-state index contributed by atoms with van der Waals surface area (Å²) in [5.41, 5.74) is 2.37. The van der Waals surface area contributed by atoms with E-state index in [-0.39, 0.29) is 6.61 Å². The minimum absolute atomic E-state index is 0.283. The topological polar surface area (TPSA) is 41.5 Å². The van der Waals surface area contributed by atoms with Crippen molar-refractivity contribution in [2.24, 2.45) is 0 Å². The molecule has 3 nitrogen and oxygen atoms in total. The number of hydrogen-bond donors (Lipinski definition) is 2. The zero-order chi connectivity index (χ0) is 14.9. The third-order valence-electron chi connectivity index (χ3n) is 3.22. The van der Waals surface area contributed by atoms with Gasteiger partial charge < -0.3 is 15.2 Å². The van der Waals surface area contributed by atoms with Gasteiger partial charge in [0, 0.05) is 12.2 Å². The van der Waals surface area contributed by atoms with Gasteiger partial charge >= 0.3 is 0 Å². The maximum atomic E-state index is 9.92. The number of aliphatic hydroxyl groups excluding tert-OH is 1. The number of hydrogen-bond acceptors (Lipinski definition) is 3. The number of rotatable bonds is 8. The monoisotopic (exact) mass is 285 g/mol. The van der Waals surface area contributed by atoms with Crippen molar-refractivity contribution in [3.63, 3.8) is 0 Å². The summed E-state index contributed by atoms with van der Waals surface area (Å²) in [4.78, 5) is 0. The van der Waals surface area contributed by atoms with Gasteiger partial charge in [-0.25, -0.2) is 0 Å². The molecule has 0 aliphatic rings. The molecule has 2 aromatic carbocycles. The first-order valence-corrected chi connectivity index (χ1v) is 7.46. The minimum Gasteiger partial charge on any atom is -0.491 e. The highest BCUT2D eigenvalue weighted by Crippen LogP contribution is 2.12. The van der Waals surface area contributed by atoms with Crippen molar-refractivity contribution in [3.8, 4) is 5.75 Å². The van der Waals surface area contributed by atoms with E-state index >= 15 is 0 Å². The van der Waals surface area contributed by atoms with Crippen molar-refractivity contribution in [1.29, 1.82) is 0 Å². The zero-order valence-electron chi connectivity index (χ0n) is 12.5. The Kier molecular flexibility index (Phi) is 6.10. The van der Waals surface area contributed by atoms with Crippen LogP contribution < -0.4 is 10.1 Å². The van der Waals surface area contributed by atoms with E-state index in [0.717, 1.165) is 24.3 Å². The highest BCUT2D eigenvalue weighted by molar-refractivity contribution is 5.44. The maximum Gasteiger partial charge on any atom is 0.119 e. The van der Waals surface area contributed by atoms with Gasteiger partial charge in [-0.1, -0.05) is 43.7 Å². The quantitative estimate of drug-likeness (QED) is 0.780. The van der Waals surface area contributed by atoms with E-state index in [2.05, 4.69) is 36.5 Å². The van der Waals surface area contributed by atoms with E-state index in [9.17, 15) is 5.11 Å². The van der Waals surface area contributed by atoms with Gasteiger partial charge in [0.25, 0.3) is 0 Å². The van der Waals surface area contributed by atoms with Crippen LogP contribution in [0.2, 0.25) is 0 Å². The molecule has 0 fully saturated rings. The number of benzene rings is 2. The van der Waals surface area contributed by atoms with Gasteiger partial charge in [0.15, 0.2) is 0 Å². The van der Waals surface area contributed by atoms with Crippen LogP contribution in [0, 0.1) is 0 Å². The van der Waals surface area contributed by atoms with Crippen molar-refractivity contribution in [2.75, 3.05) is 18.5 Å². The maximum absolute atomic E-state index is 9.92. The van der Waals surface area contributed by atoms with Crippen LogP contribution >= 0.6 is 0 Å². The lowest BCUT2D eigenvalue weighted by Gasteiger charge is -2.14. The molecule has 0 radical (unpaired) electrons. The third-order valence-corrected chi connectivity index (χ3v) is 3.22. The Morgan fingerprint density at radius 1 is 1.05 bits per heavy atom. The highest BCUT2D eigenvalue weighted by Gasteiger charge is 2.05. The molecule has 112 valence electrons. The summed E-state index contributed by atoms with van der Waals surface area (Å²) in [6.07, 6.45) is 1.72. The van der Waals surface area contributed by atoms with Gasteiger partial charge in [-0.05, 0) is 36.2 Å². The molecule has 0 saturated carbocycles. The third kappa shape index (κ3) is 5.48. The second-order valence-electron chi connectivity index (χ2n) is 5.11. The first kappa shape index (κ1) is 15.4. The fraction of sp³-hybridized carbons (Fsp3) is 0.333. The largest absolute Gasteiger partial charge is 0.491 e. The van der Waals surface area contributed by atoms with Crippen molar-refractivity contribution >= 4 is 5.69 Å². The number of aliphatic hydroxyl groups is 1. The van der Waals surface area contributed by atoms with E-state index in [1.165, 1.54) is 5.56 Å². The first-order chi connectivity index (χ1) is 10.3. The van der Waals surface area contributed by atoms with E-state index in [4.69, 9.17) is 4.74 Å². The van der Waals surface area contributed by atoms with Crippen LogP contribution in [0.1, 0.15) is 18.9 Å². The Hall–Kier alpha value is -2.00. The van der Waals surface area contributed by atoms with Crippen molar-refractivity contribution in [1.82, 2.24) is 0 Å². The molecule has 0 aliphatic carbocycles. The van der Waals surface area contributed by atoms with E-state index in [1.807, 2.05) is 30.3 Å². The number of aryl methyl sites for hydroxylation is 1. The molecule has 0 saturated heterocycles. The molecule has 0 amide bonds. The van der Waals surface area contributed by atoms with Crippen LogP contribution in [-0.2, 0) is 6.42 Å². The second-order valence-corrected chi connectivity index (χ2v) is 5.11. The van der Waals surface area contributed by atoms with E-state index in [0.29, 0.717) is 6.54 Å². The average molecular weight is 285 g/mol. The smallest absolute Gasteiger partial charge is 0.119 e. The Labute approximate surface area is 126 Å². The molecular formula is C18H23NO2. The lowest BCUT2D eigenvalue weighted by atomic mass is 10.1. The Balaban J connectivity index is 1.72. The van der Waals surface area contributed by atoms with Crippen molar-refractivity contribution < 1.29 is 9.84 Å². The zero-order valence-corrected chi connectivity index (χ0v) is 12.5. The summed E-state index contributed by atoms with van der Waals surface area (Å²) in [6.45, 7) is 2.93. The second kappa shape index (κ2) is 8.32. The molecular weight excluding hydrogens is 262 g/mol. The van der Waals surface area contributed by atoms with Gasteiger partial charge in [-0.15, -0.1) is 0 Å². The fourth-order valence-electron chi connectivity index (χ4n) is 2.08. The normalized spacial score (nSPS) is 11.9. The number of ether oxygens (including phenoxy) is 1. The highest BCUT2D eigenvalue weighted by atomic mass is 16.5. The molecule has 1 unspecified atom stereocenters. The molecule has 2 aromatic rings. The first-order valence-electron chi connectivity index (χ1n) is 7.46. The molecule has 2 rings (SSSR count). The Morgan fingerprint density at radius 3 is 2.43 bits per heavy atom. The van der Waals surface area contributed by atoms with Crippen LogP contribution in [0.4, 0.5) is 5.69 Å². The SMILES string of the molecule is CCCc1ccc(NCC(O)COc2ccccc2)cc1. The molecule has 0 bridgehead atoms. The molecule has 0 aromatic heterocycles. The van der Waals surface area contributed by atoms with Gasteiger partial charge in [0.05, 0.1) is 0 Å². The Morgan fingerprint density at radius 2 is 1.76 bits per heavy atom. The van der Waals surface area contributed by atoms with Gasteiger partial charge in [0.1, 0.15) is 18.5 Å². The van der Waals surface area contributed by atoms with Gasteiger partial charge in [-0.2, -0.15) is 0 Å². The van der Waals surface area contributed by atoms with Crippen LogP contribution in [0.15, 0.2) is 54.6 Å². The average Bonchev–Trinajstić information content (AvgIpc) is 2.53. The summed E-state index contributed by atoms with van der Waals surface area (Å²) in [7, 11) is 0. The van der Waals surface area contributed by atoms with Gasteiger partial charge in [-0.3, -0.25) is 0 Å². The molecule has 0 aliphatic heterocycles. The van der Waals surface area contributed by atoms with E-state index in [1.54, 1.807) is 0 Å². The van der Waals surface area contributed by atoms with Crippen molar-refractivity contribution in [2.45, 2.75) is 25.9 Å². The van der Waals surface area contributed by atoms with Crippen LogP contribution in [-0.4, -0.2) is 24.4 Å². The summed E-state index contributed by atoms with van der Waals surface area (Å²) < 4.78 is 5.52. The van der Waals surface area contributed by atoms with Crippen LogP contribution in [0.3, 0.4) is 0 Å². The molecule has 3 heteroatoms. The molecule has 0 heterocycles. The number of para-hydroxylation sites is 1. The minimum atomic E-state index is -0.541. The summed E-state index contributed by atoms with van der Waals surface area (Å²) in [6, 6.07) is 17.9. The van der Waals surface area contributed by atoms with Gasteiger partial charge in [0.2, 0.25) is 0 Å². The molecule has 1 atom stereocenters. The van der Waals surface area contributed by atoms with Crippen LogP contribution in [0.25, 0.3) is 0 Å². The van der Waals surface area contributed by atoms with Crippen molar-refractivity contribution in [3.05, 3.63) is 60.2 Å². The van der Waals surface area contributed by atoms with Crippen LogP contribution in [0.5, 0.6) is 5.75 Å². The molecule has 21 heavy (non-hydrogen) atoms. The molecule has 2 N–H and O–H groups in total. The molecule has 0 spiro atoms. The summed E-state index contributed by atoms with van der Waals surface area (Å²) >= 11 is 0. The number of anilines is 1. The predicted octanol–water partition coefficient (Wildman–Crippen LogP) is 3.49.